The fourth-order valence-electron chi connectivity index (χ4n) is 3.20. The molecule has 2 atom stereocenters. The Kier molecular flexibility index (Phi) is 5.96. The Morgan fingerprint density at radius 1 is 1.19 bits per heavy atom. The third kappa shape index (κ3) is 5.17. The third-order valence-electron chi connectivity index (χ3n) is 4.53. The molecule has 0 saturated heterocycles. The second kappa shape index (κ2) is 8.22. The van der Waals surface area contributed by atoms with Gasteiger partial charge in [0, 0.05) is 28.1 Å². The van der Waals surface area contributed by atoms with Crippen molar-refractivity contribution in [3.63, 3.8) is 0 Å². The molecule has 1 fully saturated rings. The molecule has 0 spiro atoms. The second-order valence-corrected chi connectivity index (χ2v) is 7.59. The van der Waals surface area contributed by atoms with Crippen LogP contribution in [0.3, 0.4) is 0 Å². The summed E-state index contributed by atoms with van der Waals surface area (Å²) in [6, 6.07) is 11.2. The van der Waals surface area contributed by atoms with Crippen LogP contribution >= 0.6 is 23.2 Å². The van der Waals surface area contributed by atoms with Crippen LogP contribution in [0.5, 0.6) is 5.75 Å². The van der Waals surface area contributed by atoms with Crippen molar-refractivity contribution in [2.75, 3.05) is 0 Å². The van der Waals surface area contributed by atoms with Gasteiger partial charge in [-0.05, 0) is 55.7 Å². The van der Waals surface area contributed by atoms with Gasteiger partial charge >= 0.3 is 0 Å². The Balaban J connectivity index is 1.70. The Hall–Kier alpha value is -2.19. The molecule has 0 bridgehead atoms. The van der Waals surface area contributed by atoms with Crippen molar-refractivity contribution in [2.24, 2.45) is 0 Å². The molecule has 0 aliphatic heterocycles. The Labute approximate surface area is 168 Å². The summed E-state index contributed by atoms with van der Waals surface area (Å²) in [7, 11) is 0. The second-order valence-electron chi connectivity index (χ2n) is 6.72. The minimum atomic E-state index is -1.19. The van der Waals surface area contributed by atoms with Gasteiger partial charge in [-0.2, -0.15) is 0 Å². The number of aromatic hydroxyl groups is 1. The number of amides is 1. The summed E-state index contributed by atoms with van der Waals surface area (Å²) in [6.45, 7) is 0. The topological polar surface area (TPSA) is 69.6 Å². The number of carbonyl (C=O) groups excluding carboxylic acids is 1. The van der Waals surface area contributed by atoms with Crippen molar-refractivity contribution < 1.29 is 15.0 Å². The van der Waals surface area contributed by atoms with Gasteiger partial charge in [-0.3, -0.25) is 4.79 Å². The molecule has 3 rings (SSSR count). The average molecular weight is 404 g/mol. The lowest BCUT2D eigenvalue weighted by Crippen LogP contribution is -2.45. The molecule has 27 heavy (non-hydrogen) atoms. The minimum absolute atomic E-state index is 0.113. The van der Waals surface area contributed by atoms with Gasteiger partial charge in [-0.25, -0.2) is 0 Å². The molecular formula is C21H19Cl2NO3. The maximum atomic E-state index is 12.5. The lowest BCUT2D eigenvalue weighted by atomic mass is 9.82. The molecule has 0 aromatic heterocycles. The summed E-state index contributed by atoms with van der Waals surface area (Å²) in [5.41, 5.74) is -0.345. The highest BCUT2D eigenvalue weighted by atomic mass is 35.5. The van der Waals surface area contributed by atoms with E-state index in [1.807, 2.05) is 6.07 Å². The van der Waals surface area contributed by atoms with Gasteiger partial charge in [0.1, 0.15) is 11.4 Å². The molecule has 1 amide bonds. The van der Waals surface area contributed by atoms with Gasteiger partial charge in [0.2, 0.25) is 0 Å². The van der Waals surface area contributed by atoms with Crippen LogP contribution in [-0.2, 0) is 0 Å². The predicted octanol–water partition coefficient (Wildman–Crippen LogP) is 4.15. The number of hydrogen-bond acceptors (Lipinski definition) is 3. The number of carbonyl (C=O) groups is 1. The van der Waals surface area contributed by atoms with Crippen molar-refractivity contribution in [3.8, 4) is 17.6 Å². The summed E-state index contributed by atoms with van der Waals surface area (Å²) in [5.74, 6) is 5.33. The maximum absolute atomic E-state index is 12.5. The highest BCUT2D eigenvalue weighted by Gasteiger charge is 2.33. The van der Waals surface area contributed by atoms with E-state index in [9.17, 15) is 15.0 Å². The van der Waals surface area contributed by atoms with E-state index in [0.717, 1.165) is 18.4 Å². The Morgan fingerprint density at radius 3 is 2.74 bits per heavy atom. The average Bonchev–Trinajstić information content (AvgIpc) is 2.62. The number of phenols is 1. The monoisotopic (exact) mass is 403 g/mol. The lowest BCUT2D eigenvalue weighted by Gasteiger charge is -2.33. The van der Waals surface area contributed by atoms with Gasteiger partial charge in [0.15, 0.2) is 0 Å². The molecule has 0 radical (unpaired) electrons. The van der Waals surface area contributed by atoms with E-state index >= 15 is 0 Å². The van der Waals surface area contributed by atoms with E-state index in [2.05, 4.69) is 17.2 Å². The minimum Gasteiger partial charge on any atom is -0.507 e. The van der Waals surface area contributed by atoms with Gasteiger partial charge in [0.25, 0.3) is 5.91 Å². The number of nitrogens with one attached hydrogen (secondary N) is 1. The first kappa shape index (κ1) is 19.6. The standard InChI is InChI=1S/C21H19Cl2NO3/c22-15-4-1-3-14(11-15)8-10-21(27)9-2-5-17(13-21)24-20(26)18-12-16(23)6-7-19(18)25/h1,3-4,6-7,11-12,17,25,27H,2,5,9,13H2,(H,24,26)/t17-,21?/m0/s1. The Bertz CT molecular complexity index is 919. The van der Waals surface area contributed by atoms with E-state index in [-0.39, 0.29) is 17.4 Å². The van der Waals surface area contributed by atoms with Crippen LogP contribution in [0.25, 0.3) is 0 Å². The molecule has 1 aliphatic rings. The van der Waals surface area contributed by atoms with Crippen LogP contribution in [0, 0.1) is 11.8 Å². The van der Waals surface area contributed by atoms with Crippen molar-refractivity contribution in [1.82, 2.24) is 5.32 Å². The van der Waals surface area contributed by atoms with E-state index in [0.29, 0.717) is 22.9 Å². The normalized spacial score (nSPS) is 21.8. The zero-order chi connectivity index (χ0) is 19.4. The first-order chi connectivity index (χ1) is 12.8. The van der Waals surface area contributed by atoms with E-state index in [1.54, 1.807) is 18.2 Å². The first-order valence-electron chi connectivity index (χ1n) is 8.65. The molecule has 1 saturated carbocycles. The summed E-state index contributed by atoms with van der Waals surface area (Å²) < 4.78 is 0. The smallest absolute Gasteiger partial charge is 0.255 e. The van der Waals surface area contributed by atoms with E-state index < -0.39 is 11.5 Å². The number of aliphatic hydroxyl groups is 1. The van der Waals surface area contributed by atoms with Crippen LogP contribution in [0.4, 0.5) is 0 Å². The van der Waals surface area contributed by atoms with Crippen LogP contribution in [0.1, 0.15) is 41.6 Å². The fourth-order valence-corrected chi connectivity index (χ4v) is 3.56. The van der Waals surface area contributed by atoms with E-state index in [4.69, 9.17) is 23.2 Å². The molecular weight excluding hydrogens is 385 g/mol. The molecule has 140 valence electrons. The first-order valence-corrected chi connectivity index (χ1v) is 9.41. The molecule has 1 aliphatic carbocycles. The summed E-state index contributed by atoms with van der Waals surface area (Å²) in [6.07, 6.45) is 2.31. The summed E-state index contributed by atoms with van der Waals surface area (Å²) in [4.78, 5) is 12.5. The molecule has 2 aromatic rings. The molecule has 1 unspecified atom stereocenters. The highest BCUT2D eigenvalue weighted by molar-refractivity contribution is 6.31. The fraction of sp³-hybridized carbons (Fsp3) is 0.286. The van der Waals surface area contributed by atoms with Crippen LogP contribution in [0.2, 0.25) is 10.0 Å². The van der Waals surface area contributed by atoms with Gasteiger partial charge in [-0.1, -0.05) is 41.1 Å². The van der Waals surface area contributed by atoms with Gasteiger partial charge in [-0.15, -0.1) is 0 Å². The number of hydrogen-bond donors (Lipinski definition) is 3. The molecule has 6 heteroatoms. The SMILES string of the molecule is O=C(N[C@H]1CCCC(O)(C#Cc2cccc(Cl)c2)C1)c1cc(Cl)ccc1O. The molecule has 3 N–H and O–H groups in total. The largest absolute Gasteiger partial charge is 0.507 e. The third-order valence-corrected chi connectivity index (χ3v) is 5.00. The van der Waals surface area contributed by atoms with Crippen molar-refractivity contribution >= 4 is 29.1 Å². The van der Waals surface area contributed by atoms with Crippen molar-refractivity contribution in [3.05, 3.63) is 63.6 Å². The summed E-state index contributed by atoms with van der Waals surface area (Å²) >= 11 is 11.9. The summed E-state index contributed by atoms with van der Waals surface area (Å²) in [5, 5.41) is 24.5. The number of rotatable bonds is 2. The van der Waals surface area contributed by atoms with E-state index in [1.165, 1.54) is 18.2 Å². The predicted molar refractivity (Wildman–Crippen MR) is 106 cm³/mol. The zero-order valence-electron chi connectivity index (χ0n) is 14.5. The lowest BCUT2D eigenvalue weighted by molar-refractivity contribution is 0.0452. The Morgan fingerprint density at radius 2 is 1.96 bits per heavy atom. The van der Waals surface area contributed by atoms with Gasteiger partial charge < -0.3 is 15.5 Å². The zero-order valence-corrected chi connectivity index (χ0v) is 16.0. The van der Waals surface area contributed by atoms with Crippen molar-refractivity contribution in [1.29, 1.82) is 0 Å². The molecule has 0 heterocycles. The molecule has 2 aromatic carbocycles. The van der Waals surface area contributed by atoms with Crippen molar-refractivity contribution in [2.45, 2.75) is 37.3 Å². The number of benzene rings is 2. The number of phenolic OH excluding ortho intramolecular Hbond substituents is 1. The van der Waals surface area contributed by atoms with Crippen LogP contribution < -0.4 is 5.32 Å². The molecule has 4 nitrogen and oxygen atoms in total. The highest BCUT2D eigenvalue weighted by Crippen LogP contribution is 2.29. The van der Waals surface area contributed by atoms with Gasteiger partial charge in [0.05, 0.1) is 5.56 Å². The quantitative estimate of drug-likeness (QED) is 0.659. The number of halogens is 2. The van der Waals surface area contributed by atoms with Crippen LogP contribution in [-0.4, -0.2) is 27.8 Å². The van der Waals surface area contributed by atoms with Crippen LogP contribution in [0.15, 0.2) is 42.5 Å². The maximum Gasteiger partial charge on any atom is 0.255 e.